The van der Waals surface area contributed by atoms with Gasteiger partial charge < -0.3 is 10.2 Å². The first-order valence-corrected chi connectivity index (χ1v) is 5.55. The highest BCUT2D eigenvalue weighted by atomic mass is 15.1. The van der Waals surface area contributed by atoms with Gasteiger partial charge in [0.05, 0.1) is 0 Å². The Kier molecular flexibility index (Phi) is 7.29. The van der Waals surface area contributed by atoms with Gasteiger partial charge in [-0.1, -0.05) is 20.3 Å². The maximum absolute atomic E-state index is 3.53. The van der Waals surface area contributed by atoms with Crippen LogP contribution in [0.3, 0.4) is 0 Å². The van der Waals surface area contributed by atoms with E-state index in [-0.39, 0.29) is 0 Å². The fourth-order valence-electron chi connectivity index (χ4n) is 1.45. The van der Waals surface area contributed by atoms with Gasteiger partial charge >= 0.3 is 0 Å². The monoisotopic (exact) mass is 186 g/mol. The maximum atomic E-state index is 3.53. The van der Waals surface area contributed by atoms with Crippen molar-refractivity contribution in [2.75, 3.05) is 20.1 Å². The van der Waals surface area contributed by atoms with E-state index in [1.165, 1.54) is 19.4 Å². The topological polar surface area (TPSA) is 15.3 Å². The number of nitrogens with one attached hydrogen (secondary N) is 1. The summed E-state index contributed by atoms with van der Waals surface area (Å²) in [6.07, 6.45) is 2.55. The van der Waals surface area contributed by atoms with E-state index in [9.17, 15) is 0 Å². The minimum Gasteiger partial charge on any atom is -0.313 e. The van der Waals surface area contributed by atoms with Gasteiger partial charge in [0.25, 0.3) is 0 Å². The summed E-state index contributed by atoms with van der Waals surface area (Å²) in [4.78, 5) is 2.41. The van der Waals surface area contributed by atoms with Crippen LogP contribution < -0.4 is 5.32 Å². The largest absolute Gasteiger partial charge is 0.313 e. The summed E-state index contributed by atoms with van der Waals surface area (Å²) in [5.74, 6) is 0. The Bertz CT molecular complexity index is 107. The molecule has 1 atom stereocenters. The van der Waals surface area contributed by atoms with E-state index >= 15 is 0 Å². The van der Waals surface area contributed by atoms with Crippen LogP contribution in [-0.4, -0.2) is 37.1 Å². The molecule has 0 saturated carbocycles. The van der Waals surface area contributed by atoms with Crippen molar-refractivity contribution in [3.63, 3.8) is 0 Å². The van der Waals surface area contributed by atoms with E-state index in [1.54, 1.807) is 0 Å². The normalized spacial score (nSPS) is 14.1. The SMILES string of the molecule is CCCC(CN(C)C(C)C)NCC. The smallest absolute Gasteiger partial charge is 0.0194 e. The molecule has 0 spiro atoms. The Hall–Kier alpha value is -0.0800. The second-order valence-corrected chi connectivity index (χ2v) is 4.08. The minimum absolute atomic E-state index is 0.651. The Morgan fingerprint density at radius 1 is 1.23 bits per heavy atom. The molecule has 0 aliphatic carbocycles. The zero-order valence-corrected chi connectivity index (χ0v) is 9.93. The molecule has 0 fully saturated rings. The maximum Gasteiger partial charge on any atom is 0.0194 e. The predicted octanol–water partition coefficient (Wildman–Crippen LogP) is 2.10. The van der Waals surface area contributed by atoms with Gasteiger partial charge in [-0.25, -0.2) is 0 Å². The summed E-state index contributed by atoms with van der Waals surface area (Å²) in [5, 5.41) is 3.53. The molecule has 0 bridgehead atoms. The lowest BCUT2D eigenvalue weighted by atomic mass is 10.1. The molecule has 1 unspecified atom stereocenters. The summed E-state index contributed by atoms with van der Waals surface area (Å²) in [5.41, 5.74) is 0. The molecule has 0 aromatic heterocycles. The Morgan fingerprint density at radius 3 is 2.23 bits per heavy atom. The van der Waals surface area contributed by atoms with Gasteiger partial charge in [-0.15, -0.1) is 0 Å². The van der Waals surface area contributed by atoms with Crippen LogP contribution in [-0.2, 0) is 0 Å². The van der Waals surface area contributed by atoms with E-state index < -0.39 is 0 Å². The van der Waals surface area contributed by atoms with Gasteiger partial charge in [-0.3, -0.25) is 0 Å². The van der Waals surface area contributed by atoms with Crippen molar-refractivity contribution in [2.24, 2.45) is 0 Å². The Labute approximate surface area is 83.7 Å². The first-order chi connectivity index (χ1) is 6.11. The van der Waals surface area contributed by atoms with Gasteiger partial charge in [-0.2, -0.15) is 0 Å². The van der Waals surface area contributed by atoms with E-state index in [0.29, 0.717) is 12.1 Å². The van der Waals surface area contributed by atoms with Gasteiger partial charge in [0.15, 0.2) is 0 Å². The second-order valence-electron chi connectivity index (χ2n) is 4.08. The molecule has 0 heterocycles. The van der Waals surface area contributed by atoms with Crippen LogP contribution in [0, 0.1) is 0 Å². The molecule has 0 amide bonds. The van der Waals surface area contributed by atoms with Gasteiger partial charge in [0.1, 0.15) is 0 Å². The van der Waals surface area contributed by atoms with E-state index in [0.717, 1.165) is 6.54 Å². The van der Waals surface area contributed by atoms with Crippen LogP contribution in [0.1, 0.15) is 40.5 Å². The summed E-state index contributed by atoms with van der Waals surface area (Å²) >= 11 is 0. The van der Waals surface area contributed by atoms with Gasteiger partial charge in [0.2, 0.25) is 0 Å². The van der Waals surface area contributed by atoms with E-state index in [1.807, 2.05) is 0 Å². The van der Waals surface area contributed by atoms with Crippen molar-refractivity contribution in [1.82, 2.24) is 10.2 Å². The highest BCUT2D eigenvalue weighted by Gasteiger charge is 2.10. The number of hydrogen-bond acceptors (Lipinski definition) is 2. The molecule has 0 aromatic carbocycles. The molecule has 0 aliphatic rings. The fourth-order valence-corrected chi connectivity index (χ4v) is 1.45. The average molecular weight is 186 g/mol. The van der Waals surface area contributed by atoms with Crippen LogP contribution in [0.5, 0.6) is 0 Å². The van der Waals surface area contributed by atoms with Crippen molar-refractivity contribution >= 4 is 0 Å². The molecule has 0 radical (unpaired) electrons. The van der Waals surface area contributed by atoms with Crippen molar-refractivity contribution < 1.29 is 0 Å². The first kappa shape index (κ1) is 12.9. The predicted molar refractivity (Wildman–Crippen MR) is 60.1 cm³/mol. The van der Waals surface area contributed by atoms with Gasteiger partial charge in [0, 0.05) is 18.6 Å². The Balaban J connectivity index is 3.78. The molecule has 0 saturated heterocycles. The molecule has 1 N–H and O–H groups in total. The van der Waals surface area contributed by atoms with Crippen molar-refractivity contribution in [3.8, 4) is 0 Å². The average Bonchev–Trinajstić information content (AvgIpc) is 2.05. The third-order valence-electron chi connectivity index (χ3n) is 2.52. The molecule has 0 aromatic rings. The molecule has 2 heteroatoms. The molecule has 2 nitrogen and oxygen atoms in total. The lowest BCUT2D eigenvalue weighted by Gasteiger charge is -2.27. The third-order valence-corrected chi connectivity index (χ3v) is 2.52. The highest BCUT2D eigenvalue weighted by molar-refractivity contribution is 4.71. The lowest BCUT2D eigenvalue weighted by molar-refractivity contribution is 0.236. The number of rotatable bonds is 7. The molecular formula is C11H26N2. The summed E-state index contributed by atoms with van der Waals surface area (Å²) in [7, 11) is 2.20. The van der Waals surface area contributed by atoms with Crippen LogP contribution in [0.15, 0.2) is 0 Å². The van der Waals surface area contributed by atoms with Crippen molar-refractivity contribution in [3.05, 3.63) is 0 Å². The fraction of sp³-hybridized carbons (Fsp3) is 1.00. The van der Waals surface area contributed by atoms with E-state index in [2.05, 4.69) is 45.0 Å². The number of nitrogens with zero attached hydrogens (tertiary/aromatic N) is 1. The quantitative estimate of drug-likeness (QED) is 0.655. The lowest BCUT2D eigenvalue weighted by Crippen LogP contribution is -2.41. The van der Waals surface area contributed by atoms with Gasteiger partial charge in [-0.05, 0) is 33.9 Å². The minimum atomic E-state index is 0.651. The first-order valence-electron chi connectivity index (χ1n) is 5.55. The molecule has 0 aliphatic heterocycles. The standard InChI is InChI=1S/C11H26N2/c1-6-8-11(12-7-2)9-13(5)10(3)4/h10-12H,6-9H2,1-5H3. The van der Waals surface area contributed by atoms with Crippen LogP contribution in [0.2, 0.25) is 0 Å². The second kappa shape index (κ2) is 7.34. The molecule has 0 rings (SSSR count). The molecule has 80 valence electrons. The summed E-state index contributed by atoms with van der Waals surface area (Å²) < 4.78 is 0. The summed E-state index contributed by atoms with van der Waals surface area (Å²) in [6.45, 7) is 11.2. The highest BCUT2D eigenvalue weighted by Crippen LogP contribution is 2.01. The van der Waals surface area contributed by atoms with E-state index in [4.69, 9.17) is 0 Å². The van der Waals surface area contributed by atoms with Crippen molar-refractivity contribution in [1.29, 1.82) is 0 Å². The molecular weight excluding hydrogens is 160 g/mol. The number of hydrogen-bond donors (Lipinski definition) is 1. The van der Waals surface area contributed by atoms with Crippen LogP contribution in [0.25, 0.3) is 0 Å². The number of likely N-dealkylation sites (N-methyl/N-ethyl adjacent to an activating group) is 2. The summed E-state index contributed by atoms with van der Waals surface area (Å²) in [6, 6.07) is 1.32. The van der Waals surface area contributed by atoms with Crippen molar-refractivity contribution in [2.45, 2.75) is 52.6 Å². The van der Waals surface area contributed by atoms with Crippen LogP contribution in [0.4, 0.5) is 0 Å². The van der Waals surface area contributed by atoms with Crippen LogP contribution >= 0.6 is 0 Å². The molecule has 13 heavy (non-hydrogen) atoms. The zero-order valence-electron chi connectivity index (χ0n) is 9.93. The zero-order chi connectivity index (χ0) is 10.3. The third kappa shape index (κ3) is 6.05. The Morgan fingerprint density at radius 2 is 1.85 bits per heavy atom.